The Morgan fingerprint density at radius 3 is 2.68 bits per heavy atom. The molecular weight excluding hydrogens is 391 g/mol. The van der Waals surface area contributed by atoms with E-state index in [1.165, 1.54) is 6.20 Å². The van der Waals surface area contributed by atoms with Crippen molar-refractivity contribution in [3.05, 3.63) is 28.3 Å². The minimum Gasteiger partial charge on any atom is -0.449 e. The summed E-state index contributed by atoms with van der Waals surface area (Å²) in [7, 11) is 2.03. The Morgan fingerprint density at radius 2 is 2.07 bits per heavy atom. The van der Waals surface area contributed by atoms with Crippen molar-refractivity contribution in [2.24, 2.45) is 0 Å². The van der Waals surface area contributed by atoms with Gasteiger partial charge < -0.3 is 24.2 Å². The molecule has 2 aliphatic rings. The Morgan fingerprint density at radius 1 is 1.36 bits per heavy atom. The number of carbonyl (C=O) groups is 1. The van der Waals surface area contributed by atoms with Crippen LogP contribution in [0.1, 0.15) is 25.8 Å². The average molecular weight is 413 g/mol. The number of piperazine rings is 1. The lowest BCUT2D eigenvalue weighted by molar-refractivity contribution is 0.143. The molecule has 2 aromatic rings. The van der Waals surface area contributed by atoms with E-state index in [-0.39, 0.29) is 41.4 Å². The molecule has 1 unspecified atom stereocenters. The molecule has 1 N–H and O–H groups in total. The first-order valence-electron chi connectivity index (χ1n) is 8.96. The van der Waals surface area contributed by atoms with Gasteiger partial charge in [0.2, 0.25) is 5.43 Å². The van der Waals surface area contributed by atoms with Gasteiger partial charge in [-0.3, -0.25) is 4.79 Å². The van der Waals surface area contributed by atoms with Crippen LogP contribution in [0.3, 0.4) is 0 Å². The molecule has 2 aromatic heterocycles. The number of fused-ring (bicyclic) bond motifs is 1. The molecule has 28 heavy (non-hydrogen) atoms. The summed E-state index contributed by atoms with van der Waals surface area (Å²) < 4.78 is 21.2. The highest BCUT2D eigenvalue weighted by molar-refractivity contribution is 5.85. The van der Waals surface area contributed by atoms with Crippen LogP contribution >= 0.6 is 12.4 Å². The van der Waals surface area contributed by atoms with Crippen molar-refractivity contribution in [1.82, 2.24) is 14.5 Å². The average Bonchev–Trinajstić information content (AvgIpc) is 3.44. The first kappa shape index (κ1) is 20.3. The summed E-state index contributed by atoms with van der Waals surface area (Å²) in [6.45, 7) is 4.14. The lowest BCUT2D eigenvalue weighted by atomic mass is 10.2. The second-order valence-corrected chi connectivity index (χ2v) is 7.27. The number of rotatable bonds is 3. The molecular formula is C18H22ClFN4O4. The highest BCUT2D eigenvalue weighted by atomic mass is 35.5. The van der Waals surface area contributed by atoms with Crippen LogP contribution in [-0.2, 0) is 0 Å². The minimum atomic E-state index is -1.58. The van der Waals surface area contributed by atoms with Gasteiger partial charge >= 0.3 is 6.16 Å². The van der Waals surface area contributed by atoms with Gasteiger partial charge in [-0.05, 0) is 32.9 Å². The summed E-state index contributed by atoms with van der Waals surface area (Å²) in [6, 6.07) is 1.52. The fraction of sp³-hybridized carbons (Fsp3) is 0.500. The molecule has 152 valence electrons. The van der Waals surface area contributed by atoms with Gasteiger partial charge in [-0.25, -0.2) is 14.2 Å². The number of hydrogen-bond acceptors (Lipinski definition) is 6. The van der Waals surface area contributed by atoms with Crippen molar-refractivity contribution < 1.29 is 19.0 Å². The quantitative estimate of drug-likeness (QED) is 0.775. The van der Waals surface area contributed by atoms with Crippen LogP contribution in [-0.4, -0.2) is 58.4 Å². The largest absolute Gasteiger partial charge is 0.511 e. The SMILES string of the molecule is CC1CN(c2nc3c(cc2F)c(=O)c(OC(=O)O)cn3C2CC2)CCN1C.Cl. The van der Waals surface area contributed by atoms with Gasteiger partial charge in [-0.1, -0.05) is 0 Å². The molecule has 0 amide bonds. The molecule has 3 heterocycles. The third-order valence-corrected chi connectivity index (χ3v) is 5.30. The van der Waals surface area contributed by atoms with Crippen LogP contribution in [0.4, 0.5) is 15.0 Å². The summed E-state index contributed by atoms with van der Waals surface area (Å²) in [5, 5.41) is 8.88. The highest BCUT2D eigenvalue weighted by Gasteiger charge is 2.29. The molecule has 1 aliphatic heterocycles. The number of ether oxygens (including phenoxy) is 1. The number of hydrogen-bond donors (Lipinski definition) is 1. The Kier molecular flexibility index (Phi) is 5.49. The highest BCUT2D eigenvalue weighted by Crippen LogP contribution is 2.38. The molecule has 4 rings (SSSR count). The van der Waals surface area contributed by atoms with E-state index in [1.54, 1.807) is 4.57 Å². The van der Waals surface area contributed by atoms with Gasteiger partial charge in [0.25, 0.3) is 0 Å². The number of anilines is 1. The molecule has 0 spiro atoms. The maximum atomic E-state index is 14.8. The summed E-state index contributed by atoms with van der Waals surface area (Å²) in [5.41, 5.74) is -0.308. The lowest BCUT2D eigenvalue weighted by Crippen LogP contribution is -2.50. The number of halogens is 2. The maximum Gasteiger partial charge on any atom is 0.511 e. The Hall–Kier alpha value is -2.39. The van der Waals surface area contributed by atoms with Gasteiger partial charge in [-0.15, -0.1) is 12.4 Å². The fourth-order valence-electron chi connectivity index (χ4n) is 3.47. The van der Waals surface area contributed by atoms with E-state index in [1.807, 2.05) is 11.9 Å². The zero-order chi connectivity index (χ0) is 19.3. The van der Waals surface area contributed by atoms with E-state index in [0.717, 1.165) is 25.5 Å². The topological polar surface area (TPSA) is 87.9 Å². The molecule has 1 aliphatic carbocycles. The zero-order valence-corrected chi connectivity index (χ0v) is 16.4. The number of pyridine rings is 2. The molecule has 1 atom stereocenters. The Balaban J connectivity index is 0.00000225. The van der Waals surface area contributed by atoms with Crippen LogP contribution in [0.15, 0.2) is 17.1 Å². The number of nitrogens with zero attached hydrogens (tertiary/aromatic N) is 4. The van der Waals surface area contributed by atoms with Gasteiger partial charge in [0.05, 0.1) is 11.6 Å². The van der Waals surface area contributed by atoms with E-state index < -0.39 is 17.4 Å². The second-order valence-electron chi connectivity index (χ2n) is 7.27. The fourth-order valence-corrected chi connectivity index (χ4v) is 3.47. The lowest BCUT2D eigenvalue weighted by Gasteiger charge is -2.38. The molecule has 10 heteroatoms. The van der Waals surface area contributed by atoms with Crippen molar-refractivity contribution in [3.8, 4) is 5.75 Å². The van der Waals surface area contributed by atoms with Crippen LogP contribution in [0.2, 0.25) is 0 Å². The van der Waals surface area contributed by atoms with Crippen LogP contribution in [0, 0.1) is 5.82 Å². The minimum absolute atomic E-state index is 0. The monoisotopic (exact) mass is 412 g/mol. The third-order valence-electron chi connectivity index (χ3n) is 5.30. The number of aromatic nitrogens is 2. The second kappa shape index (κ2) is 7.56. The Bertz CT molecular complexity index is 978. The van der Waals surface area contributed by atoms with E-state index in [0.29, 0.717) is 18.7 Å². The first-order valence-corrected chi connectivity index (χ1v) is 8.96. The van der Waals surface area contributed by atoms with Gasteiger partial charge in [0.15, 0.2) is 17.4 Å². The molecule has 8 nitrogen and oxygen atoms in total. The van der Waals surface area contributed by atoms with Crippen molar-refractivity contribution >= 4 is 35.4 Å². The molecule has 0 bridgehead atoms. The standard InChI is InChI=1S/C18H21FN4O4.ClH/c1-10-8-22(6-5-21(10)2)17-13(19)7-12-15(24)14(27-18(25)26)9-23(11-3-4-11)16(12)20-17;/h7,9-11H,3-6,8H2,1-2H3,(H,25,26);1H. The van der Waals surface area contributed by atoms with Crippen LogP contribution in [0.5, 0.6) is 5.75 Å². The van der Waals surface area contributed by atoms with Crippen molar-refractivity contribution in [2.45, 2.75) is 31.8 Å². The molecule has 0 radical (unpaired) electrons. The molecule has 1 saturated heterocycles. The van der Waals surface area contributed by atoms with E-state index in [9.17, 15) is 14.0 Å². The van der Waals surface area contributed by atoms with E-state index in [2.05, 4.69) is 21.5 Å². The van der Waals surface area contributed by atoms with Crippen LogP contribution in [0.25, 0.3) is 11.0 Å². The predicted octanol–water partition coefficient (Wildman–Crippen LogP) is 2.49. The van der Waals surface area contributed by atoms with Crippen molar-refractivity contribution in [3.63, 3.8) is 0 Å². The van der Waals surface area contributed by atoms with E-state index >= 15 is 0 Å². The number of likely N-dealkylation sites (N-methyl/N-ethyl adjacent to an activating group) is 1. The van der Waals surface area contributed by atoms with Crippen molar-refractivity contribution in [2.75, 3.05) is 31.6 Å². The summed E-state index contributed by atoms with van der Waals surface area (Å²) in [4.78, 5) is 32.0. The normalized spacial score (nSPS) is 20.1. The smallest absolute Gasteiger partial charge is 0.449 e. The van der Waals surface area contributed by atoms with Crippen molar-refractivity contribution in [1.29, 1.82) is 0 Å². The van der Waals surface area contributed by atoms with E-state index in [4.69, 9.17) is 5.11 Å². The summed E-state index contributed by atoms with van der Waals surface area (Å²) in [5.74, 6) is -0.696. The van der Waals surface area contributed by atoms with Gasteiger partial charge in [0, 0.05) is 31.7 Å². The Labute approximate surface area is 166 Å². The summed E-state index contributed by atoms with van der Waals surface area (Å²) >= 11 is 0. The number of carboxylic acid groups (broad SMARTS) is 1. The summed E-state index contributed by atoms with van der Waals surface area (Å²) in [6.07, 6.45) is 1.58. The van der Waals surface area contributed by atoms with Crippen LogP contribution < -0.4 is 15.1 Å². The van der Waals surface area contributed by atoms with Gasteiger partial charge in [0.1, 0.15) is 5.65 Å². The third kappa shape index (κ3) is 3.64. The first-order chi connectivity index (χ1) is 12.8. The zero-order valence-electron chi connectivity index (χ0n) is 15.6. The predicted molar refractivity (Wildman–Crippen MR) is 104 cm³/mol. The molecule has 2 fully saturated rings. The van der Waals surface area contributed by atoms with Gasteiger partial charge in [-0.2, -0.15) is 0 Å². The molecule has 0 aromatic carbocycles. The molecule has 1 saturated carbocycles. The maximum absolute atomic E-state index is 14.8.